The molecule has 0 atom stereocenters. The van der Waals surface area contributed by atoms with E-state index in [1.807, 2.05) is 82.6 Å². The molecular weight excluding hydrogens is 732 g/mol. The molecule has 0 N–H and O–H groups in total. The van der Waals surface area contributed by atoms with Crippen molar-refractivity contribution in [1.82, 2.24) is 0 Å². The molecule has 282 valence electrons. The Morgan fingerprint density at radius 2 is 0.945 bits per heavy atom. The van der Waals surface area contributed by atoms with E-state index in [-0.39, 0.29) is 24.4 Å². The summed E-state index contributed by atoms with van der Waals surface area (Å²) >= 11 is 7.59. The number of fused-ring (bicyclic) bond motifs is 2. The molecule has 2 amide bonds. The summed E-state index contributed by atoms with van der Waals surface area (Å²) in [6.07, 6.45) is 1.86. The molecule has 0 saturated carbocycles. The molecule has 2 saturated heterocycles. The van der Waals surface area contributed by atoms with Crippen LogP contribution in [0.2, 0.25) is 0 Å². The molecule has 9 rings (SSSR count). The lowest BCUT2D eigenvalue weighted by Gasteiger charge is -2.31. The number of benzene rings is 5. The van der Waals surface area contributed by atoms with Gasteiger partial charge in [-0.1, -0.05) is 90.6 Å². The lowest BCUT2D eigenvalue weighted by Crippen LogP contribution is -2.35. The summed E-state index contributed by atoms with van der Waals surface area (Å²) in [6, 6.07) is 39.0. The van der Waals surface area contributed by atoms with Crippen molar-refractivity contribution >= 4 is 46.6 Å². The third kappa shape index (κ3) is 8.68. The molecule has 10 heteroatoms. The van der Waals surface area contributed by atoms with Gasteiger partial charge in [-0.25, -0.2) is 0 Å². The second kappa shape index (κ2) is 17.5. The second-order valence-electron chi connectivity index (χ2n) is 13.8. The van der Waals surface area contributed by atoms with Crippen LogP contribution in [0, 0.1) is 0 Å². The number of carbonyl (C=O) groups is 2. The molecule has 0 spiro atoms. The van der Waals surface area contributed by atoms with Gasteiger partial charge in [0.1, 0.15) is 0 Å². The quantitative estimate of drug-likeness (QED) is 0.138. The van der Waals surface area contributed by atoms with Crippen molar-refractivity contribution in [2.24, 2.45) is 0 Å². The largest absolute Gasteiger partial charge is 0.346 e. The van der Waals surface area contributed by atoms with E-state index in [1.165, 1.54) is 15.4 Å². The normalized spacial score (nSPS) is 17.2. The van der Waals surface area contributed by atoms with E-state index >= 15 is 0 Å². The van der Waals surface area contributed by atoms with Gasteiger partial charge in [-0.2, -0.15) is 0 Å². The molecule has 4 aliphatic rings. The zero-order chi connectivity index (χ0) is 37.6. The van der Waals surface area contributed by atoms with Crippen LogP contribution in [0.25, 0.3) is 0 Å². The van der Waals surface area contributed by atoms with Gasteiger partial charge in [-0.3, -0.25) is 9.59 Å². The highest BCUT2D eigenvalue weighted by molar-refractivity contribution is 7.99. The molecule has 0 aliphatic carbocycles. The molecule has 8 nitrogen and oxygen atoms in total. The monoisotopic (exact) mass is 774 g/mol. The van der Waals surface area contributed by atoms with Gasteiger partial charge in [0.15, 0.2) is 12.6 Å². The van der Waals surface area contributed by atoms with E-state index in [9.17, 15) is 9.59 Å². The SMILES string of the molecule is O=C1CCc2c(C3OCCO3)cccc2N1Cc1ccc(CCl)cc1.O=C1CCc2c(C3OCCO3)cccc2N1Cc1ccc(Sc2ccccc2)cc1. The number of rotatable bonds is 9. The number of alkyl halides is 1. The van der Waals surface area contributed by atoms with Gasteiger partial charge < -0.3 is 28.7 Å². The Bertz CT molecular complexity index is 2100. The summed E-state index contributed by atoms with van der Waals surface area (Å²) in [5.74, 6) is 0.811. The first-order valence-corrected chi connectivity index (χ1v) is 20.2. The fourth-order valence-electron chi connectivity index (χ4n) is 7.49. The van der Waals surface area contributed by atoms with Gasteiger partial charge in [0.2, 0.25) is 11.8 Å². The highest BCUT2D eigenvalue weighted by Gasteiger charge is 2.31. The Hall–Kier alpha value is -4.48. The number of hydrogen-bond acceptors (Lipinski definition) is 7. The molecule has 4 heterocycles. The van der Waals surface area contributed by atoms with Crippen LogP contribution in [-0.4, -0.2) is 38.2 Å². The Labute approximate surface area is 331 Å². The van der Waals surface area contributed by atoms with Crippen molar-refractivity contribution in [2.45, 2.75) is 67.0 Å². The molecule has 5 aromatic rings. The maximum atomic E-state index is 12.8. The van der Waals surface area contributed by atoms with Crippen LogP contribution in [0.4, 0.5) is 11.4 Å². The minimum absolute atomic E-state index is 0.152. The number of anilines is 2. The smallest absolute Gasteiger partial charge is 0.227 e. The van der Waals surface area contributed by atoms with Crippen LogP contribution in [0.15, 0.2) is 125 Å². The van der Waals surface area contributed by atoms with Crippen LogP contribution in [0.3, 0.4) is 0 Å². The number of ether oxygens (including phenoxy) is 4. The molecule has 0 unspecified atom stereocenters. The van der Waals surface area contributed by atoms with Gasteiger partial charge in [-0.15, -0.1) is 11.6 Å². The minimum atomic E-state index is -0.315. The minimum Gasteiger partial charge on any atom is -0.346 e. The predicted octanol–water partition coefficient (Wildman–Crippen LogP) is 9.31. The molecule has 2 fully saturated rings. The van der Waals surface area contributed by atoms with Crippen LogP contribution < -0.4 is 9.80 Å². The molecule has 0 aromatic heterocycles. The Morgan fingerprint density at radius 1 is 0.509 bits per heavy atom. The number of carbonyl (C=O) groups excluding carboxylic acids is 2. The summed E-state index contributed by atoms with van der Waals surface area (Å²) < 4.78 is 22.8. The molecule has 4 aliphatic heterocycles. The average Bonchev–Trinajstić information content (AvgIpc) is 3.98. The van der Waals surface area contributed by atoms with Crippen LogP contribution in [0.1, 0.15) is 64.4 Å². The molecule has 0 bridgehead atoms. The highest BCUT2D eigenvalue weighted by atomic mass is 35.5. The third-order valence-electron chi connectivity index (χ3n) is 10.2. The molecule has 55 heavy (non-hydrogen) atoms. The first-order valence-electron chi connectivity index (χ1n) is 18.8. The number of halogens is 1. The molecule has 0 radical (unpaired) electrons. The summed E-state index contributed by atoms with van der Waals surface area (Å²) in [5.41, 5.74) is 9.66. The Balaban J connectivity index is 0.000000158. The number of hydrogen-bond donors (Lipinski definition) is 0. The summed E-state index contributed by atoms with van der Waals surface area (Å²) in [6.45, 7) is 3.59. The zero-order valence-electron chi connectivity index (χ0n) is 30.5. The maximum Gasteiger partial charge on any atom is 0.227 e. The van der Waals surface area contributed by atoms with E-state index < -0.39 is 0 Å². The van der Waals surface area contributed by atoms with Gasteiger partial charge in [0, 0.05) is 51.0 Å². The van der Waals surface area contributed by atoms with Crippen LogP contribution in [-0.2, 0) is 60.3 Å². The average molecular weight is 775 g/mol. The summed E-state index contributed by atoms with van der Waals surface area (Å²) in [7, 11) is 0. The van der Waals surface area contributed by atoms with Crippen molar-refractivity contribution in [3.8, 4) is 0 Å². The van der Waals surface area contributed by atoms with Gasteiger partial charge in [0.05, 0.1) is 39.5 Å². The van der Waals surface area contributed by atoms with E-state index in [1.54, 1.807) is 11.8 Å². The topological polar surface area (TPSA) is 77.5 Å². The fourth-order valence-corrected chi connectivity index (χ4v) is 8.50. The van der Waals surface area contributed by atoms with Crippen LogP contribution in [0.5, 0.6) is 0 Å². The number of amides is 2. The van der Waals surface area contributed by atoms with Crippen molar-refractivity contribution in [2.75, 3.05) is 36.2 Å². The van der Waals surface area contributed by atoms with Gasteiger partial charge in [-0.05, 0) is 77.1 Å². The Kier molecular flexibility index (Phi) is 11.9. The summed E-state index contributed by atoms with van der Waals surface area (Å²) in [4.78, 5) is 31.5. The first kappa shape index (κ1) is 37.4. The lowest BCUT2D eigenvalue weighted by molar-refractivity contribution is -0.119. The zero-order valence-corrected chi connectivity index (χ0v) is 32.1. The van der Waals surface area contributed by atoms with Gasteiger partial charge in [0.25, 0.3) is 0 Å². The van der Waals surface area contributed by atoms with Crippen molar-refractivity contribution in [1.29, 1.82) is 0 Å². The number of nitrogens with zero attached hydrogens (tertiary/aromatic N) is 2. The maximum absolute atomic E-state index is 12.8. The summed E-state index contributed by atoms with van der Waals surface area (Å²) in [5, 5.41) is 0. The van der Waals surface area contributed by atoms with Crippen molar-refractivity contribution in [3.05, 3.63) is 154 Å². The van der Waals surface area contributed by atoms with Gasteiger partial charge >= 0.3 is 0 Å². The van der Waals surface area contributed by atoms with Crippen molar-refractivity contribution in [3.63, 3.8) is 0 Å². The van der Waals surface area contributed by atoms with Crippen molar-refractivity contribution < 1.29 is 28.5 Å². The predicted molar refractivity (Wildman–Crippen MR) is 214 cm³/mol. The van der Waals surface area contributed by atoms with E-state index in [0.717, 1.165) is 57.6 Å². The second-order valence-corrected chi connectivity index (χ2v) is 15.2. The molecule has 5 aromatic carbocycles. The van der Waals surface area contributed by atoms with E-state index in [4.69, 9.17) is 30.5 Å². The molecular formula is C45H43ClN2O6S. The van der Waals surface area contributed by atoms with E-state index in [2.05, 4.69) is 42.5 Å². The fraction of sp³-hybridized carbons (Fsp3) is 0.289. The van der Waals surface area contributed by atoms with E-state index in [0.29, 0.717) is 58.2 Å². The Morgan fingerprint density at radius 3 is 1.42 bits per heavy atom. The lowest BCUT2D eigenvalue weighted by atomic mass is 9.95. The van der Waals surface area contributed by atoms with Crippen LogP contribution >= 0.6 is 23.4 Å². The third-order valence-corrected chi connectivity index (χ3v) is 11.6. The standard InChI is InChI=1S/C25H23NO3S.C20H20ClNO3/c27-24-14-13-21-22(25-28-15-16-29-25)7-4-8-23(21)26(24)17-18-9-11-20(12-10-18)30-19-5-2-1-3-6-19;21-12-14-4-6-15(7-5-14)13-22-18-3-1-2-17(20-24-10-11-25-20)16(18)8-9-19(22)23/h1-12,25H,13-17H2;1-7,20H,8-13H2. The highest BCUT2D eigenvalue weighted by Crippen LogP contribution is 2.38. The first-order chi connectivity index (χ1) is 27.0.